The van der Waals surface area contributed by atoms with Gasteiger partial charge in [-0.2, -0.15) is 0 Å². The van der Waals surface area contributed by atoms with Gasteiger partial charge < -0.3 is 14.2 Å². The highest BCUT2D eigenvalue weighted by Gasteiger charge is 2.19. The average molecular weight is 1100 g/mol. The van der Waals surface area contributed by atoms with Crippen LogP contribution in [-0.4, -0.2) is 37.2 Å². The second kappa shape index (κ2) is 66.3. The Morgan fingerprint density at radius 2 is 0.544 bits per heavy atom. The SMILES string of the molecule is CC/C=C\C/C=C\C/C=C\C/C=C\C/C=C\CC(=O)OCC(COC(=O)CCCCCCCCCCCCCCCCC/C=C\C/C=C\CCCCCCC)OC(=O)CCCCCCCC/C=C\C/C=C\C/C=C\CCCCC. The van der Waals surface area contributed by atoms with Crippen molar-refractivity contribution in [3.05, 3.63) is 122 Å². The number of esters is 3. The Hall–Kier alpha value is -4.19. The first-order chi connectivity index (χ1) is 39.0. The molecule has 0 fully saturated rings. The minimum Gasteiger partial charge on any atom is -0.462 e. The highest BCUT2D eigenvalue weighted by atomic mass is 16.6. The van der Waals surface area contributed by atoms with Crippen LogP contribution in [0.25, 0.3) is 0 Å². The van der Waals surface area contributed by atoms with Gasteiger partial charge in [0, 0.05) is 12.8 Å². The van der Waals surface area contributed by atoms with Crippen molar-refractivity contribution in [2.75, 3.05) is 13.2 Å². The lowest BCUT2D eigenvalue weighted by molar-refractivity contribution is -0.166. The number of hydrogen-bond donors (Lipinski definition) is 0. The van der Waals surface area contributed by atoms with Crippen LogP contribution in [0.3, 0.4) is 0 Å². The minimum atomic E-state index is -0.829. The van der Waals surface area contributed by atoms with Gasteiger partial charge in [-0.15, -0.1) is 0 Å². The maximum absolute atomic E-state index is 12.9. The van der Waals surface area contributed by atoms with Gasteiger partial charge in [0.25, 0.3) is 0 Å². The molecule has 0 spiro atoms. The van der Waals surface area contributed by atoms with Crippen molar-refractivity contribution in [2.24, 2.45) is 0 Å². The van der Waals surface area contributed by atoms with Crippen LogP contribution in [0, 0.1) is 0 Å². The van der Waals surface area contributed by atoms with Crippen LogP contribution in [0.15, 0.2) is 122 Å². The fourth-order valence-electron chi connectivity index (χ4n) is 9.02. The Bertz CT molecular complexity index is 1640. The summed E-state index contributed by atoms with van der Waals surface area (Å²) < 4.78 is 16.8. The molecule has 0 amide bonds. The zero-order valence-electron chi connectivity index (χ0n) is 51.6. The van der Waals surface area contributed by atoms with Gasteiger partial charge in [-0.3, -0.25) is 14.4 Å². The lowest BCUT2D eigenvalue weighted by Crippen LogP contribution is -2.30. The number of allylic oxidation sites excluding steroid dienone is 19. The Labute approximate surface area is 488 Å². The number of rotatable bonds is 59. The summed E-state index contributed by atoms with van der Waals surface area (Å²) >= 11 is 0. The van der Waals surface area contributed by atoms with Gasteiger partial charge in [0.15, 0.2) is 6.10 Å². The molecule has 0 aliphatic rings. The molecule has 0 rings (SSSR count). The van der Waals surface area contributed by atoms with Crippen molar-refractivity contribution in [3.63, 3.8) is 0 Å². The molecule has 0 aliphatic carbocycles. The van der Waals surface area contributed by atoms with Crippen molar-refractivity contribution >= 4 is 17.9 Å². The molecule has 0 saturated heterocycles. The highest BCUT2D eigenvalue weighted by Crippen LogP contribution is 2.16. The molecule has 0 aliphatic heterocycles. The lowest BCUT2D eigenvalue weighted by Gasteiger charge is -2.18. The average Bonchev–Trinajstić information content (AvgIpc) is 3.45. The Morgan fingerprint density at radius 1 is 0.278 bits per heavy atom. The monoisotopic (exact) mass is 1090 g/mol. The Kier molecular flexibility index (Phi) is 62.8. The number of hydrogen-bond acceptors (Lipinski definition) is 6. The maximum atomic E-state index is 12.9. The van der Waals surface area contributed by atoms with Gasteiger partial charge in [0.1, 0.15) is 13.2 Å². The molecular formula is C73H122O6. The van der Waals surface area contributed by atoms with Gasteiger partial charge in [-0.05, 0) is 116 Å². The first-order valence-electron chi connectivity index (χ1n) is 33.0. The molecule has 0 heterocycles. The second-order valence-corrected chi connectivity index (χ2v) is 21.7. The molecular weight excluding hydrogens is 973 g/mol. The van der Waals surface area contributed by atoms with Crippen LogP contribution < -0.4 is 0 Å². The smallest absolute Gasteiger partial charge is 0.309 e. The molecule has 450 valence electrons. The van der Waals surface area contributed by atoms with Crippen LogP contribution in [0.4, 0.5) is 0 Å². The summed E-state index contributed by atoms with van der Waals surface area (Å²) in [6.07, 6.45) is 92.4. The molecule has 0 radical (unpaired) electrons. The normalized spacial score (nSPS) is 12.9. The molecule has 0 saturated carbocycles. The van der Waals surface area contributed by atoms with Gasteiger partial charge in [0.05, 0.1) is 6.42 Å². The topological polar surface area (TPSA) is 78.9 Å². The highest BCUT2D eigenvalue weighted by molar-refractivity contribution is 5.72. The molecule has 0 aromatic rings. The fraction of sp³-hybridized carbons (Fsp3) is 0.685. The largest absolute Gasteiger partial charge is 0.462 e. The van der Waals surface area contributed by atoms with Crippen molar-refractivity contribution in [1.82, 2.24) is 0 Å². The fourth-order valence-corrected chi connectivity index (χ4v) is 9.02. The van der Waals surface area contributed by atoms with Gasteiger partial charge in [0.2, 0.25) is 0 Å². The third-order valence-electron chi connectivity index (χ3n) is 14.0. The van der Waals surface area contributed by atoms with Crippen molar-refractivity contribution in [3.8, 4) is 0 Å². The van der Waals surface area contributed by atoms with E-state index in [1.54, 1.807) is 6.08 Å². The number of ether oxygens (including phenoxy) is 3. The minimum absolute atomic E-state index is 0.115. The standard InChI is InChI=1S/C73H122O6/c1-4-7-10-13-16-19-22-25-28-30-32-33-34-35-36-37-38-39-41-42-45-48-51-54-57-60-63-66-72(75)78-69-70(68-77-71(74)65-62-59-56-53-50-47-44-27-24-21-18-15-12-9-6-3)79-73(76)67-64-61-58-55-52-49-46-43-40-31-29-26-23-20-17-14-11-8-5-2/h9,12,17-18,20-22,25-27,29-30,32,40,43-44,50,53,59,62,70H,4-8,10-11,13-16,19,23-24,28,31,33-39,41-42,45-49,51-52,54-58,60-61,63-69H2,1-3H3/b12-9-,20-17-,21-18-,25-22-,29-26-,32-30-,43-40-,44-27-,53-50-,62-59-. The van der Waals surface area contributed by atoms with Crippen LogP contribution in [0.2, 0.25) is 0 Å². The van der Waals surface area contributed by atoms with E-state index in [1.165, 1.54) is 161 Å². The zero-order chi connectivity index (χ0) is 57.1. The van der Waals surface area contributed by atoms with E-state index >= 15 is 0 Å². The summed E-state index contributed by atoms with van der Waals surface area (Å²) in [6, 6.07) is 0. The number of carbonyl (C=O) groups is 3. The number of carbonyl (C=O) groups excluding carboxylic acids is 3. The molecule has 0 aromatic carbocycles. The zero-order valence-corrected chi connectivity index (χ0v) is 51.6. The predicted octanol–water partition coefficient (Wildman–Crippen LogP) is 22.8. The molecule has 6 nitrogen and oxygen atoms in total. The van der Waals surface area contributed by atoms with Gasteiger partial charge in [-0.25, -0.2) is 0 Å². The van der Waals surface area contributed by atoms with Crippen molar-refractivity contribution < 1.29 is 28.6 Å². The van der Waals surface area contributed by atoms with Crippen LogP contribution in [-0.2, 0) is 28.6 Å². The summed E-state index contributed by atoms with van der Waals surface area (Å²) in [5.74, 6) is -1.06. The molecule has 79 heavy (non-hydrogen) atoms. The van der Waals surface area contributed by atoms with E-state index in [-0.39, 0.29) is 31.6 Å². The third kappa shape index (κ3) is 64.5. The lowest BCUT2D eigenvalue weighted by atomic mass is 10.0. The van der Waals surface area contributed by atoms with Crippen molar-refractivity contribution in [1.29, 1.82) is 0 Å². The van der Waals surface area contributed by atoms with E-state index in [4.69, 9.17) is 14.2 Å². The summed E-state index contributed by atoms with van der Waals surface area (Å²) in [5.41, 5.74) is 0. The van der Waals surface area contributed by atoms with E-state index in [2.05, 4.69) is 130 Å². The maximum Gasteiger partial charge on any atom is 0.309 e. The van der Waals surface area contributed by atoms with E-state index in [9.17, 15) is 14.4 Å². The van der Waals surface area contributed by atoms with E-state index in [1.807, 2.05) is 6.08 Å². The summed E-state index contributed by atoms with van der Waals surface area (Å²) in [5, 5.41) is 0. The molecule has 0 N–H and O–H groups in total. The predicted molar refractivity (Wildman–Crippen MR) is 343 cm³/mol. The molecule has 1 atom stereocenters. The third-order valence-corrected chi connectivity index (χ3v) is 14.0. The first kappa shape index (κ1) is 74.8. The molecule has 1 unspecified atom stereocenters. The van der Waals surface area contributed by atoms with E-state index < -0.39 is 12.1 Å². The van der Waals surface area contributed by atoms with Crippen LogP contribution >= 0.6 is 0 Å². The second-order valence-electron chi connectivity index (χ2n) is 21.7. The summed E-state index contributed by atoms with van der Waals surface area (Å²) in [7, 11) is 0. The van der Waals surface area contributed by atoms with Crippen LogP contribution in [0.5, 0.6) is 0 Å². The van der Waals surface area contributed by atoms with E-state index in [0.29, 0.717) is 12.8 Å². The summed E-state index contributed by atoms with van der Waals surface area (Å²) in [6.45, 7) is 6.41. The van der Waals surface area contributed by atoms with Crippen LogP contribution in [0.1, 0.15) is 303 Å². The first-order valence-corrected chi connectivity index (χ1v) is 33.0. The Balaban J connectivity index is 4.39. The van der Waals surface area contributed by atoms with E-state index in [0.717, 1.165) is 103 Å². The molecule has 6 heteroatoms. The van der Waals surface area contributed by atoms with Crippen molar-refractivity contribution in [2.45, 2.75) is 309 Å². The number of unbranched alkanes of at least 4 members (excludes halogenated alkanes) is 29. The van der Waals surface area contributed by atoms with Gasteiger partial charge in [-0.1, -0.05) is 290 Å². The van der Waals surface area contributed by atoms with Gasteiger partial charge >= 0.3 is 17.9 Å². The Morgan fingerprint density at radius 3 is 0.911 bits per heavy atom. The summed E-state index contributed by atoms with van der Waals surface area (Å²) in [4.78, 5) is 38.3. The molecule has 0 bridgehead atoms. The quantitative estimate of drug-likeness (QED) is 0.0261. The molecule has 0 aromatic heterocycles.